The van der Waals surface area contributed by atoms with E-state index in [2.05, 4.69) is 52.0 Å². The minimum atomic E-state index is -0.445. The van der Waals surface area contributed by atoms with Crippen LogP contribution in [0.5, 0.6) is 23.0 Å². The molecule has 0 saturated carbocycles. The van der Waals surface area contributed by atoms with E-state index in [1.807, 2.05) is 43.3 Å². The molecular weight excluding hydrogens is 518 g/mol. The summed E-state index contributed by atoms with van der Waals surface area (Å²) in [5.41, 5.74) is 3.65. The lowest BCUT2D eigenvalue weighted by Gasteiger charge is -2.26. The maximum absolute atomic E-state index is 10.2. The molecule has 0 amide bonds. The van der Waals surface area contributed by atoms with Crippen molar-refractivity contribution in [2.75, 3.05) is 20.3 Å². The van der Waals surface area contributed by atoms with Crippen LogP contribution in [0.15, 0.2) is 97.1 Å². The van der Waals surface area contributed by atoms with E-state index < -0.39 is 4.92 Å². The van der Waals surface area contributed by atoms with Crippen LogP contribution in [0, 0.1) is 17.0 Å². The van der Waals surface area contributed by atoms with Crippen molar-refractivity contribution < 1.29 is 24.2 Å². The fraction of sp³-hybridized carbons (Fsp3) is 0.294. The second-order valence-electron chi connectivity index (χ2n) is 9.75. The molecule has 0 saturated heterocycles. The van der Waals surface area contributed by atoms with Crippen LogP contribution in [0.2, 0.25) is 0 Å². The number of rotatable bonds is 9. The Bertz CT molecular complexity index is 1300. The second kappa shape index (κ2) is 16.6. The first-order chi connectivity index (χ1) is 19.6. The van der Waals surface area contributed by atoms with Crippen LogP contribution in [-0.2, 0) is 5.41 Å². The molecular formula is C34H41NO6. The fourth-order valence-electron chi connectivity index (χ4n) is 3.74. The highest BCUT2D eigenvalue weighted by Crippen LogP contribution is 2.33. The smallest absolute Gasteiger partial charge is 0.269 e. The maximum atomic E-state index is 10.2. The Hall–Kier alpha value is -4.52. The van der Waals surface area contributed by atoms with Crippen LogP contribution in [-0.4, -0.2) is 30.4 Å². The number of aryl methyl sites for hydroxylation is 1. The predicted octanol–water partition coefficient (Wildman–Crippen LogP) is 8.50. The average molecular weight is 560 g/mol. The van der Waals surface area contributed by atoms with Gasteiger partial charge in [0.05, 0.1) is 25.2 Å². The normalized spacial score (nSPS) is 10.3. The molecule has 0 unspecified atom stereocenters. The maximum Gasteiger partial charge on any atom is 0.269 e. The highest BCUT2D eigenvalue weighted by Gasteiger charge is 2.22. The zero-order valence-corrected chi connectivity index (χ0v) is 24.8. The number of nitrogens with zero attached hydrogens (tertiary/aromatic N) is 1. The fourth-order valence-corrected chi connectivity index (χ4v) is 3.74. The molecule has 4 aromatic carbocycles. The van der Waals surface area contributed by atoms with E-state index in [0.29, 0.717) is 18.1 Å². The summed E-state index contributed by atoms with van der Waals surface area (Å²) in [6.07, 6.45) is 1.06. The van der Waals surface area contributed by atoms with Crippen LogP contribution in [0.3, 0.4) is 0 Å². The van der Waals surface area contributed by atoms with Crippen molar-refractivity contribution in [3.05, 3.63) is 124 Å². The van der Waals surface area contributed by atoms with Crippen molar-refractivity contribution in [3.63, 3.8) is 0 Å². The molecule has 0 aromatic heterocycles. The third-order valence-corrected chi connectivity index (χ3v) is 6.25. The molecule has 4 aromatic rings. The highest BCUT2D eigenvalue weighted by atomic mass is 16.6. The van der Waals surface area contributed by atoms with Crippen molar-refractivity contribution in [3.8, 4) is 23.0 Å². The van der Waals surface area contributed by atoms with Gasteiger partial charge in [0.15, 0.2) is 0 Å². The van der Waals surface area contributed by atoms with E-state index in [4.69, 9.17) is 14.2 Å². The Balaban J connectivity index is 0.000000230. The Morgan fingerprint density at radius 1 is 0.732 bits per heavy atom. The number of nitro groups is 1. The summed E-state index contributed by atoms with van der Waals surface area (Å²) >= 11 is 0. The van der Waals surface area contributed by atoms with E-state index in [1.54, 1.807) is 24.3 Å². The van der Waals surface area contributed by atoms with Gasteiger partial charge in [-0.15, -0.1) is 0 Å². The topological polar surface area (TPSA) is 91.1 Å². The lowest BCUT2D eigenvalue weighted by Crippen LogP contribution is -2.18. The molecule has 0 radical (unpaired) electrons. The van der Waals surface area contributed by atoms with Crippen LogP contribution in [0.25, 0.3) is 0 Å². The average Bonchev–Trinajstić information content (AvgIpc) is 2.98. The monoisotopic (exact) mass is 559 g/mol. The largest absolute Gasteiger partial charge is 0.508 e. The summed E-state index contributed by atoms with van der Waals surface area (Å²) < 4.78 is 15.7. The lowest BCUT2D eigenvalue weighted by atomic mass is 9.78. The van der Waals surface area contributed by atoms with Gasteiger partial charge in [0.1, 0.15) is 23.0 Å². The number of ether oxygens (including phenoxy) is 3. The molecule has 0 atom stereocenters. The molecule has 7 nitrogen and oxygen atoms in total. The molecule has 0 spiro atoms. The first-order valence-electron chi connectivity index (χ1n) is 13.6. The molecule has 0 aliphatic heterocycles. The molecule has 0 aliphatic rings. The number of non-ortho nitro benzene ring substituents is 1. The van der Waals surface area contributed by atoms with Gasteiger partial charge < -0.3 is 19.3 Å². The van der Waals surface area contributed by atoms with E-state index >= 15 is 0 Å². The summed E-state index contributed by atoms with van der Waals surface area (Å²) in [6.45, 7) is 12.0. The Morgan fingerprint density at radius 2 is 1.20 bits per heavy atom. The molecule has 218 valence electrons. The van der Waals surface area contributed by atoms with Crippen molar-refractivity contribution >= 4 is 5.69 Å². The van der Waals surface area contributed by atoms with Crippen LogP contribution >= 0.6 is 0 Å². The van der Waals surface area contributed by atoms with Crippen LogP contribution < -0.4 is 14.2 Å². The van der Waals surface area contributed by atoms with Gasteiger partial charge in [-0.25, -0.2) is 0 Å². The lowest BCUT2D eigenvalue weighted by molar-refractivity contribution is -0.384. The standard InChI is InChI=1S/C17H20O2.C10H14O.C7H7NO3/c1-4-19-16-11-7-14(8-12-16)17(2,3)13-5-9-15(18)10-6-13;1-3-8-11-10-6-4-9(2)5-7-10;1-11-7-4-2-6(3-5-7)8(9)10/h5-12,18H,4H2,1-3H3;4-7H,3,8H2,1-2H3;2-5H,1H3. The third-order valence-electron chi connectivity index (χ3n) is 6.25. The van der Waals surface area contributed by atoms with Gasteiger partial charge in [0.2, 0.25) is 0 Å². The van der Waals surface area contributed by atoms with E-state index in [1.165, 1.54) is 35.9 Å². The molecule has 7 heteroatoms. The highest BCUT2D eigenvalue weighted by molar-refractivity contribution is 5.41. The van der Waals surface area contributed by atoms with Crippen LogP contribution in [0.1, 0.15) is 50.8 Å². The predicted molar refractivity (Wildman–Crippen MR) is 164 cm³/mol. The van der Waals surface area contributed by atoms with Gasteiger partial charge >= 0.3 is 0 Å². The SMILES string of the molecule is CCCOc1ccc(C)cc1.CCOc1ccc(C(C)(C)c2ccc(O)cc2)cc1.COc1ccc([N+](=O)[O-])cc1. The third kappa shape index (κ3) is 10.9. The number of hydrogen-bond donors (Lipinski definition) is 1. The van der Waals surface area contributed by atoms with Crippen molar-refractivity contribution in [1.29, 1.82) is 0 Å². The first-order valence-corrected chi connectivity index (χ1v) is 13.6. The Morgan fingerprint density at radius 3 is 1.66 bits per heavy atom. The molecule has 0 aliphatic carbocycles. The Kier molecular flexibility index (Phi) is 13.2. The number of aromatic hydroxyl groups is 1. The first kappa shape index (κ1) is 32.7. The molecule has 0 heterocycles. The number of benzene rings is 4. The van der Waals surface area contributed by atoms with Crippen molar-refractivity contribution in [2.45, 2.75) is 46.5 Å². The minimum Gasteiger partial charge on any atom is -0.508 e. The molecule has 4 rings (SSSR count). The molecule has 0 fully saturated rings. The zero-order valence-electron chi connectivity index (χ0n) is 24.8. The van der Waals surface area contributed by atoms with Gasteiger partial charge in [0.25, 0.3) is 5.69 Å². The van der Waals surface area contributed by atoms with Gasteiger partial charge in [-0.2, -0.15) is 0 Å². The number of phenolic OH excluding ortho intramolecular Hbond substituents is 1. The number of hydrogen-bond acceptors (Lipinski definition) is 6. The minimum absolute atomic E-state index is 0.0748. The van der Waals surface area contributed by atoms with Gasteiger partial charge in [-0.1, -0.05) is 62.7 Å². The Labute approximate surface area is 243 Å². The quantitative estimate of drug-likeness (QED) is 0.163. The van der Waals surface area contributed by atoms with E-state index in [9.17, 15) is 15.2 Å². The van der Waals surface area contributed by atoms with Gasteiger partial charge in [-0.05, 0) is 79.9 Å². The summed E-state index contributed by atoms with van der Waals surface area (Å²) in [7, 11) is 1.52. The molecule has 1 N–H and O–H groups in total. The second-order valence-corrected chi connectivity index (χ2v) is 9.75. The van der Waals surface area contributed by atoms with E-state index in [0.717, 1.165) is 24.5 Å². The van der Waals surface area contributed by atoms with E-state index in [-0.39, 0.29) is 11.1 Å². The molecule has 41 heavy (non-hydrogen) atoms. The van der Waals surface area contributed by atoms with Crippen molar-refractivity contribution in [1.82, 2.24) is 0 Å². The summed E-state index contributed by atoms with van der Waals surface area (Å²) in [5, 5.41) is 19.5. The zero-order chi connectivity index (χ0) is 30.3. The summed E-state index contributed by atoms with van der Waals surface area (Å²) in [5.74, 6) is 2.78. The van der Waals surface area contributed by atoms with Crippen LogP contribution in [0.4, 0.5) is 5.69 Å². The summed E-state index contributed by atoms with van der Waals surface area (Å²) in [4.78, 5) is 9.72. The van der Waals surface area contributed by atoms with Crippen molar-refractivity contribution in [2.24, 2.45) is 0 Å². The number of phenols is 1. The number of methoxy groups -OCH3 is 1. The van der Waals surface area contributed by atoms with Gasteiger partial charge in [-0.3, -0.25) is 10.1 Å². The van der Waals surface area contributed by atoms with Gasteiger partial charge in [0, 0.05) is 17.5 Å². The molecule has 0 bridgehead atoms. The summed E-state index contributed by atoms with van der Waals surface area (Å²) in [6, 6.07) is 29.6. The number of nitro benzene ring substituents is 1.